The van der Waals surface area contributed by atoms with Crippen molar-refractivity contribution in [1.29, 1.82) is 0 Å². The van der Waals surface area contributed by atoms with Crippen LogP contribution in [0.3, 0.4) is 0 Å². The average Bonchev–Trinajstić information content (AvgIpc) is 3.81. The molecule has 0 saturated carbocycles. The first kappa shape index (κ1) is 28.7. The van der Waals surface area contributed by atoms with Crippen LogP contribution < -0.4 is 0 Å². The van der Waals surface area contributed by atoms with Crippen molar-refractivity contribution in [3.8, 4) is 39.5 Å². The Hall–Kier alpha value is -6.10. The van der Waals surface area contributed by atoms with E-state index in [2.05, 4.69) is 170 Å². The zero-order chi connectivity index (χ0) is 33.8. The van der Waals surface area contributed by atoms with Crippen LogP contribution >= 0.6 is 11.3 Å². The standard InChI is InChI=1S/C47H31N3S/c1-47(2)36-21-11-8-18-33(36)39-31-16-6-7-17-32(31)40-34-19-9-12-22-37(34)50(44(40)41(39)47)46-48-42(45-43(49-46)35-20-10-13-23-38(35)51-45)30-26-24-29(25-27-30)28-14-4-3-5-15-28/h3-27H,1-2H3. The van der Waals surface area contributed by atoms with Gasteiger partial charge in [-0.1, -0.05) is 153 Å². The summed E-state index contributed by atoms with van der Waals surface area (Å²) in [5, 5.41) is 6.18. The van der Waals surface area contributed by atoms with Gasteiger partial charge in [0, 0.05) is 31.8 Å². The maximum Gasteiger partial charge on any atom is 0.235 e. The van der Waals surface area contributed by atoms with Crippen LogP contribution in [0.15, 0.2) is 152 Å². The summed E-state index contributed by atoms with van der Waals surface area (Å²) in [6.07, 6.45) is 0. The third-order valence-electron chi connectivity index (χ3n) is 11.0. The molecule has 3 nitrogen and oxygen atoms in total. The van der Waals surface area contributed by atoms with Crippen LogP contribution in [0.2, 0.25) is 0 Å². The molecule has 3 heterocycles. The molecule has 3 aromatic heterocycles. The van der Waals surface area contributed by atoms with E-state index in [0.29, 0.717) is 5.95 Å². The van der Waals surface area contributed by atoms with Gasteiger partial charge in [-0.05, 0) is 56.3 Å². The van der Waals surface area contributed by atoms with Gasteiger partial charge in [0.25, 0.3) is 0 Å². The number of thiophene rings is 1. The summed E-state index contributed by atoms with van der Waals surface area (Å²) in [4.78, 5) is 11.1. The molecule has 0 radical (unpaired) electrons. The predicted octanol–water partition coefficient (Wildman–Crippen LogP) is 12.7. The van der Waals surface area contributed by atoms with E-state index in [1.165, 1.54) is 65.1 Å². The van der Waals surface area contributed by atoms with Gasteiger partial charge in [-0.3, -0.25) is 4.57 Å². The Morgan fingerprint density at radius 3 is 2.00 bits per heavy atom. The maximum absolute atomic E-state index is 5.58. The van der Waals surface area contributed by atoms with Crippen LogP contribution in [0, 0.1) is 0 Å². The summed E-state index contributed by atoms with van der Waals surface area (Å²) in [7, 11) is 0. The van der Waals surface area contributed by atoms with Crippen LogP contribution in [-0.2, 0) is 5.41 Å². The van der Waals surface area contributed by atoms with Gasteiger partial charge in [0.1, 0.15) is 0 Å². The van der Waals surface area contributed by atoms with Gasteiger partial charge in [-0.2, -0.15) is 0 Å². The molecule has 0 bridgehead atoms. The first-order valence-corrected chi connectivity index (χ1v) is 18.3. The van der Waals surface area contributed by atoms with E-state index in [9.17, 15) is 0 Å². The van der Waals surface area contributed by atoms with Crippen LogP contribution in [-0.4, -0.2) is 14.5 Å². The van der Waals surface area contributed by atoms with Crippen LogP contribution in [0.25, 0.3) is 92.3 Å². The summed E-state index contributed by atoms with van der Waals surface area (Å²) >= 11 is 1.78. The number of nitrogens with zero attached hydrogens (tertiary/aromatic N) is 3. The molecule has 0 N–H and O–H groups in total. The van der Waals surface area contributed by atoms with E-state index in [1.54, 1.807) is 11.3 Å². The Labute approximate surface area is 299 Å². The number of aromatic nitrogens is 3. The number of hydrogen-bond acceptors (Lipinski definition) is 3. The molecule has 0 fully saturated rings. The van der Waals surface area contributed by atoms with Crippen molar-refractivity contribution in [2.45, 2.75) is 19.3 Å². The summed E-state index contributed by atoms with van der Waals surface area (Å²) in [5.74, 6) is 0.698. The first-order chi connectivity index (χ1) is 25.1. The second kappa shape index (κ2) is 10.5. The highest BCUT2D eigenvalue weighted by molar-refractivity contribution is 7.26. The largest absolute Gasteiger partial charge is 0.278 e. The number of benzene rings is 7. The van der Waals surface area contributed by atoms with E-state index >= 15 is 0 Å². The average molecular weight is 670 g/mol. The van der Waals surface area contributed by atoms with E-state index in [0.717, 1.165) is 32.4 Å². The molecule has 0 aliphatic heterocycles. The number of hydrogen-bond donors (Lipinski definition) is 0. The Morgan fingerprint density at radius 1 is 0.549 bits per heavy atom. The monoisotopic (exact) mass is 669 g/mol. The van der Waals surface area contributed by atoms with Gasteiger partial charge in [0.15, 0.2) is 0 Å². The van der Waals surface area contributed by atoms with E-state index in [4.69, 9.17) is 9.97 Å². The zero-order valence-electron chi connectivity index (χ0n) is 28.2. The Kier molecular flexibility index (Phi) is 5.89. The second-order valence-electron chi connectivity index (χ2n) is 14.1. The molecule has 0 unspecified atom stereocenters. The molecule has 10 aromatic rings. The molecule has 7 aromatic carbocycles. The molecule has 51 heavy (non-hydrogen) atoms. The molecule has 0 spiro atoms. The lowest BCUT2D eigenvalue weighted by molar-refractivity contribution is 0.664. The molecule has 0 atom stereocenters. The molecule has 0 amide bonds. The van der Waals surface area contributed by atoms with Gasteiger partial charge < -0.3 is 0 Å². The Bertz CT molecular complexity index is 3040. The summed E-state index contributed by atoms with van der Waals surface area (Å²) in [5.41, 5.74) is 12.8. The normalized spacial score (nSPS) is 13.5. The quantitative estimate of drug-likeness (QED) is 0.187. The number of fused-ring (bicyclic) bond motifs is 13. The van der Waals surface area contributed by atoms with Crippen LogP contribution in [0.5, 0.6) is 0 Å². The molecule has 240 valence electrons. The second-order valence-corrected chi connectivity index (χ2v) is 15.2. The molecule has 4 heteroatoms. The molecule has 1 aliphatic carbocycles. The third-order valence-corrected chi connectivity index (χ3v) is 12.2. The lowest BCUT2D eigenvalue weighted by Crippen LogP contribution is -2.17. The van der Waals surface area contributed by atoms with Gasteiger partial charge in [-0.25, -0.2) is 9.97 Å². The van der Waals surface area contributed by atoms with E-state index in [1.807, 2.05) is 0 Å². The fourth-order valence-corrected chi connectivity index (χ4v) is 9.88. The van der Waals surface area contributed by atoms with Crippen molar-refractivity contribution in [1.82, 2.24) is 14.5 Å². The Balaban J connectivity index is 1.29. The maximum atomic E-state index is 5.58. The topological polar surface area (TPSA) is 30.7 Å². The van der Waals surface area contributed by atoms with Crippen LogP contribution in [0.4, 0.5) is 0 Å². The Morgan fingerprint density at radius 2 is 1.18 bits per heavy atom. The smallest absolute Gasteiger partial charge is 0.235 e. The van der Waals surface area contributed by atoms with Crippen molar-refractivity contribution < 1.29 is 0 Å². The van der Waals surface area contributed by atoms with Crippen molar-refractivity contribution in [2.24, 2.45) is 0 Å². The molecule has 11 rings (SSSR count). The van der Waals surface area contributed by atoms with Crippen LogP contribution in [0.1, 0.15) is 25.0 Å². The SMILES string of the molecule is CC1(C)c2ccccc2-c2c1c1c(c3ccccc23)c2ccccc2n1-c1nc(-c2ccc(-c3ccccc3)cc2)c2sc3ccccc3c2n1. The fourth-order valence-electron chi connectivity index (χ4n) is 8.72. The molecule has 1 aliphatic rings. The minimum atomic E-state index is -0.240. The van der Waals surface area contributed by atoms with Crippen molar-refractivity contribution >= 4 is 64.2 Å². The van der Waals surface area contributed by atoms with E-state index in [-0.39, 0.29) is 5.41 Å². The number of para-hydroxylation sites is 1. The highest BCUT2D eigenvalue weighted by atomic mass is 32.1. The zero-order valence-corrected chi connectivity index (χ0v) is 29.0. The van der Waals surface area contributed by atoms with Gasteiger partial charge >= 0.3 is 0 Å². The lowest BCUT2D eigenvalue weighted by Gasteiger charge is -2.24. The highest BCUT2D eigenvalue weighted by Crippen LogP contribution is 2.56. The van der Waals surface area contributed by atoms with Gasteiger partial charge in [0.2, 0.25) is 5.95 Å². The van der Waals surface area contributed by atoms with Gasteiger partial charge in [-0.15, -0.1) is 11.3 Å². The first-order valence-electron chi connectivity index (χ1n) is 17.5. The summed E-state index contributed by atoms with van der Waals surface area (Å²) in [6, 6.07) is 54.7. The highest BCUT2D eigenvalue weighted by Gasteiger charge is 2.40. The third kappa shape index (κ3) is 3.94. The number of rotatable bonds is 3. The van der Waals surface area contributed by atoms with Crippen molar-refractivity contribution in [2.75, 3.05) is 0 Å². The summed E-state index contributed by atoms with van der Waals surface area (Å²) < 4.78 is 4.69. The molecule has 0 saturated heterocycles. The molecular weight excluding hydrogens is 639 g/mol. The molecular formula is C47H31N3S. The fraction of sp³-hybridized carbons (Fsp3) is 0.0638. The lowest BCUT2D eigenvalue weighted by atomic mass is 9.80. The minimum absolute atomic E-state index is 0.240. The van der Waals surface area contributed by atoms with Crippen molar-refractivity contribution in [3.05, 3.63) is 163 Å². The van der Waals surface area contributed by atoms with Gasteiger partial charge in [0.05, 0.1) is 26.9 Å². The predicted molar refractivity (Wildman–Crippen MR) is 215 cm³/mol. The summed E-state index contributed by atoms with van der Waals surface area (Å²) in [6.45, 7) is 4.76. The van der Waals surface area contributed by atoms with Crippen molar-refractivity contribution in [3.63, 3.8) is 0 Å². The van der Waals surface area contributed by atoms with E-state index < -0.39 is 0 Å². The minimum Gasteiger partial charge on any atom is -0.278 e.